The van der Waals surface area contributed by atoms with Gasteiger partial charge in [-0.25, -0.2) is 0 Å². The molecule has 0 aliphatic rings. The lowest BCUT2D eigenvalue weighted by atomic mass is 10.1. The molecule has 0 unspecified atom stereocenters. The fourth-order valence-corrected chi connectivity index (χ4v) is 2.29. The number of hydrogen-bond donors (Lipinski definition) is 2. The van der Waals surface area contributed by atoms with Gasteiger partial charge in [-0.1, -0.05) is 0 Å². The van der Waals surface area contributed by atoms with Crippen LogP contribution in [0.5, 0.6) is 0 Å². The van der Waals surface area contributed by atoms with Crippen molar-refractivity contribution in [3.63, 3.8) is 0 Å². The summed E-state index contributed by atoms with van der Waals surface area (Å²) < 4.78 is 1.21. The third-order valence-electron chi connectivity index (χ3n) is 2.00. The van der Waals surface area contributed by atoms with Crippen LogP contribution in [-0.4, -0.2) is 0 Å². The molecule has 2 aromatic rings. The Balaban J connectivity index is 2.96. The van der Waals surface area contributed by atoms with E-state index in [9.17, 15) is 0 Å². The molecule has 0 fully saturated rings. The van der Waals surface area contributed by atoms with Gasteiger partial charge in [0, 0.05) is 10.1 Å². The molecule has 1 aromatic carbocycles. The molecule has 62 valence electrons. The fraction of sp³-hybridized carbons (Fsp3) is 0.111. The fourth-order valence-electron chi connectivity index (χ4n) is 1.33. The lowest BCUT2D eigenvalue weighted by Crippen LogP contribution is -1.94. The Morgan fingerprint density at radius 1 is 1.25 bits per heavy atom. The van der Waals surface area contributed by atoms with Crippen LogP contribution in [0, 0.1) is 6.92 Å². The van der Waals surface area contributed by atoms with E-state index >= 15 is 0 Å². The molecular formula is C9H10N2S. The Morgan fingerprint density at radius 3 is 2.75 bits per heavy atom. The average molecular weight is 178 g/mol. The molecular weight excluding hydrogens is 168 g/mol. The number of aryl methyl sites for hydroxylation is 1. The third-order valence-corrected chi connectivity index (χ3v) is 3.06. The maximum Gasteiger partial charge on any atom is 0.0638 e. The van der Waals surface area contributed by atoms with Crippen molar-refractivity contribution in [2.45, 2.75) is 6.92 Å². The highest BCUT2D eigenvalue weighted by Gasteiger charge is 2.05. The van der Waals surface area contributed by atoms with E-state index in [1.807, 2.05) is 12.1 Å². The summed E-state index contributed by atoms with van der Waals surface area (Å²) in [4.78, 5) is 0. The first-order valence-corrected chi connectivity index (χ1v) is 4.60. The minimum Gasteiger partial charge on any atom is -0.397 e. The summed E-state index contributed by atoms with van der Waals surface area (Å²) in [6.45, 7) is 2.05. The standard InChI is InChI=1S/C9H10N2S/c1-5-4-12-7-3-2-6(10)9(11)8(5)7/h2-4H,10-11H2,1H3. The minimum absolute atomic E-state index is 0.670. The van der Waals surface area contributed by atoms with E-state index < -0.39 is 0 Å². The minimum atomic E-state index is 0.670. The lowest BCUT2D eigenvalue weighted by Gasteiger charge is -2.01. The van der Waals surface area contributed by atoms with Crippen molar-refractivity contribution in [1.82, 2.24) is 0 Å². The van der Waals surface area contributed by atoms with Gasteiger partial charge >= 0.3 is 0 Å². The van der Waals surface area contributed by atoms with Gasteiger partial charge in [-0.05, 0) is 30.0 Å². The van der Waals surface area contributed by atoms with Gasteiger partial charge in [-0.15, -0.1) is 11.3 Å². The predicted octanol–water partition coefficient (Wildman–Crippen LogP) is 2.37. The van der Waals surface area contributed by atoms with Crippen molar-refractivity contribution in [2.75, 3.05) is 11.5 Å². The number of fused-ring (bicyclic) bond motifs is 1. The third kappa shape index (κ3) is 0.865. The summed E-state index contributed by atoms with van der Waals surface area (Å²) in [6.07, 6.45) is 0. The number of thiophene rings is 1. The van der Waals surface area contributed by atoms with Gasteiger partial charge < -0.3 is 11.5 Å². The molecule has 0 spiro atoms. The van der Waals surface area contributed by atoms with Gasteiger partial charge in [-0.2, -0.15) is 0 Å². The van der Waals surface area contributed by atoms with Gasteiger partial charge in [0.25, 0.3) is 0 Å². The van der Waals surface area contributed by atoms with Gasteiger partial charge in [0.15, 0.2) is 0 Å². The largest absolute Gasteiger partial charge is 0.397 e. The highest BCUT2D eigenvalue weighted by Crippen LogP contribution is 2.33. The van der Waals surface area contributed by atoms with Crippen LogP contribution in [0.15, 0.2) is 17.5 Å². The van der Waals surface area contributed by atoms with Crippen LogP contribution >= 0.6 is 11.3 Å². The molecule has 0 saturated carbocycles. The Bertz CT molecular complexity index is 431. The summed E-state index contributed by atoms with van der Waals surface area (Å²) in [5.74, 6) is 0. The SMILES string of the molecule is Cc1csc2ccc(N)c(N)c12. The lowest BCUT2D eigenvalue weighted by molar-refractivity contribution is 1.59. The van der Waals surface area contributed by atoms with E-state index in [-0.39, 0.29) is 0 Å². The molecule has 0 saturated heterocycles. The van der Waals surface area contributed by atoms with Crippen molar-refractivity contribution in [3.8, 4) is 0 Å². The molecule has 0 bridgehead atoms. The molecule has 2 rings (SSSR count). The molecule has 2 nitrogen and oxygen atoms in total. The summed E-state index contributed by atoms with van der Waals surface area (Å²) >= 11 is 1.70. The molecule has 0 aliphatic heterocycles. The van der Waals surface area contributed by atoms with Gasteiger partial charge in [0.05, 0.1) is 11.4 Å². The molecule has 1 aromatic heterocycles. The molecule has 1 heterocycles. The average Bonchev–Trinajstić information content (AvgIpc) is 2.41. The number of rotatable bonds is 0. The van der Waals surface area contributed by atoms with Gasteiger partial charge in [-0.3, -0.25) is 0 Å². The zero-order valence-electron chi connectivity index (χ0n) is 6.79. The summed E-state index contributed by atoms with van der Waals surface area (Å²) in [5.41, 5.74) is 14.1. The Kier molecular flexibility index (Phi) is 1.48. The van der Waals surface area contributed by atoms with Crippen LogP contribution in [0.4, 0.5) is 11.4 Å². The van der Waals surface area contributed by atoms with Crippen molar-refractivity contribution < 1.29 is 0 Å². The molecule has 0 atom stereocenters. The first kappa shape index (κ1) is 7.43. The van der Waals surface area contributed by atoms with E-state index in [1.165, 1.54) is 10.3 Å². The topological polar surface area (TPSA) is 52.0 Å². The normalized spacial score (nSPS) is 10.8. The number of benzene rings is 1. The number of nitrogen functional groups attached to an aromatic ring is 2. The molecule has 3 heteroatoms. The second-order valence-electron chi connectivity index (χ2n) is 2.86. The summed E-state index contributed by atoms with van der Waals surface area (Å²) in [6, 6.07) is 3.87. The van der Waals surface area contributed by atoms with Crippen molar-refractivity contribution in [3.05, 3.63) is 23.1 Å². The number of nitrogens with two attached hydrogens (primary N) is 2. The number of hydrogen-bond acceptors (Lipinski definition) is 3. The predicted molar refractivity (Wildman–Crippen MR) is 55.4 cm³/mol. The Labute approximate surface area is 74.8 Å². The van der Waals surface area contributed by atoms with Crippen LogP contribution < -0.4 is 11.5 Å². The van der Waals surface area contributed by atoms with Crippen LogP contribution in [0.3, 0.4) is 0 Å². The smallest absolute Gasteiger partial charge is 0.0638 e. The van der Waals surface area contributed by atoms with Crippen LogP contribution in [0.1, 0.15) is 5.56 Å². The van der Waals surface area contributed by atoms with Crippen molar-refractivity contribution in [2.24, 2.45) is 0 Å². The Hall–Kier alpha value is -1.22. The van der Waals surface area contributed by atoms with Crippen molar-refractivity contribution >= 4 is 32.8 Å². The second-order valence-corrected chi connectivity index (χ2v) is 3.77. The molecule has 12 heavy (non-hydrogen) atoms. The quantitative estimate of drug-likeness (QED) is 0.608. The monoisotopic (exact) mass is 178 g/mol. The highest BCUT2D eigenvalue weighted by atomic mass is 32.1. The zero-order chi connectivity index (χ0) is 8.72. The maximum atomic E-state index is 5.85. The summed E-state index contributed by atoms with van der Waals surface area (Å²) in [5, 5.41) is 3.21. The first-order valence-electron chi connectivity index (χ1n) is 3.72. The highest BCUT2D eigenvalue weighted by molar-refractivity contribution is 7.17. The van der Waals surface area contributed by atoms with Crippen LogP contribution in [0.25, 0.3) is 10.1 Å². The van der Waals surface area contributed by atoms with E-state index in [1.54, 1.807) is 11.3 Å². The van der Waals surface area contributed by atoms with Crippen molar-refractivity contribution in [1.29, 1.82) is 0 Å². The van der Waals surface area contributed by atoms with Crippen LogP contribution in [0.2, 0.25) is 0 Å². The van der Waals surface area contributed by atoms with Gasteiger partial charge in [0.2, 0.25) is 0 Å². The second kappa shape index (κ2) is 2.38. The zero-order valence-corrected chi connectivity index (χ0v) is 7.61. The maximum absolute atomic E-state index is 5.85. The van der Waals surface area contributed by atoms with Crippen LogP contribution in [-0.2, 0) is 0 Å². The molecule has 0 radical (unpaired) electrons. The first-order chi connectivity index (χ1) is 5.70. The van der Waals surface area contributed by atoms with Gasteiger partial charge in [0.1, 0.15) is 0 Å². The Morgan fingerprint density at radius 2 is 2.00 bits per heavy atom. The summed E-state index contributed by atoms with van der Waals surface area (Å²) in [7, 11) is 0. The number of anilines is 2. The van der Waals surface area contributed by atoms with E-state index in [2.05, 4.69) is 12.3 Å². The van der Waals surface area contributed by atoms with E-state index in [4.69, 9.17) is 11.5 Å². The molecule has 0 aliphatic carbocycles. The van der Waals surface area contributed by atoms with E-state index in [0.717, 1.165) is 5.39 Å². The van der Waals surface area contributed by atoms with E-state index in [0.29, 0.717) is 11.4 Å². The molecule has 0 amide bonds. The molecule has 4 N–H and O–H groups in total.